The van der Waals surface area contributed by atoms with Crippen molar-refractivity contribution >= 4 is 29.9 Å². The summed E-state index contributed by atoms with van der Waals surface area (Å²) in [6, 6.07) is 10.3. The number of ether oxygens (including phenoxy) is 3. The second-order valence-electron chi connectivity index (χ2n) is 8.81. The fourth-order valence-electron chi connectivity index (χ4n) is 4.09. The van der Waals surface area contributed by atoms with E-state index >= 15 is 0 Å². The van der Waals surface area contributed by atoms with Crippen molar-refractivity contribution in [1.82, 2.24) is 10.2 Å². The van der Waals surface area contributed by atoms with Crippen LogP contribution in [0.4, 0.5) is 0 Å². The summed E-state index contributed by atoms with van der Waals surface area (Å²) in [5.74, 6) is 1.40. The quantitative estimate of drug-likeness (QED) is 0.261. The SMILES string of the molecule is CCNC(=NCC(C)COCc1ccccc1)N1CCC(OCC2CCCCO2)CC1.I. The van der Waals surface area contributed by atoms with Gasteiger partial charge in [-0.3, -0.25) is 4.99 Å². The van der Waals surface area contributed by atoms with Crippen LogP contribution in [-0.2, 0) is 20.8 Å². The molecule has 0 saturated carbocycles. The van der Waals surface area contributed by atoms with E-state index < -0.39 is 0 Å². The second kappa shape index (κ2) is 15.9. The van der Waals surface area contributed by atoms with Crippen LogP contribution in [0.3, 0.4) is 0 Å². The Bertz CT molecular complexity index is 633. The molecule has 2 fully saturated rings. The van der Waals surface area contributed by atoms with Crippen LogP contribution < -0.4 is 5.32 Å². The number of halogens is 1. The first-order chi connectivity index (χ1) is 15.2. The van der Waals surface area contributed by atoms with Crippen LogP contribution in [0.1, 0.15) is 51.5 Å². The molecule has 1 N–H and O–H groups in total. The molecule has 7 heteroatoms. The average molecular weight is 560 g/mol. The molecule has 0 aromatic heterocycles. The maximum absolute atomic E-state index is 6.16. The molecular formula is C25H42IN3O3. The van der Waals surface area contributed by atoms with Crippen molar-refractivity contribution in [2.24, 2.45) is 10.9 Å². The third kappa shape index (κ3) is 9.93. The predicted octanol–water partition coefficient (Wildman–Crippen LogP) is 4.47. The standard InChI is InChI=1S/C25H41N3O3.HI/c1-3-26-25(27-17-21(2)18-29-19-22-9-5-4-6-10-22)28-14-12-23(13-15-28)31-20-24-11-7-8-16-30-24;/h4-6,9-10,21,23-24H,3,7-8,11-20H2,1-2H3,(H,26,27);1H. The lowest BCUT2D eigenvalue weighted by Gasteiger charge is -2.35. The molecule has 2 atom stereocenters. The summed E-state index contributed by atoms with van der Waals surface area (Å²) in [7, 11) is 0. The summed E-state index contributed by atoms with van der Waals surface area (Å²) in [6.45, 7) is 11.0. The monoisotopic (exact) mass is 559 g/mol. The molecule has 2 saturated heterocycles. The molecule has 3 rings (SSSR count). The van der Waals surface area contributed by atoms with Crippen molar-refractivity contribution < 1.29 is 14.2 Å². The zero-order valence-corrected chi connectivity index (χ0v) is 22.2. The molecule has 2 aliphatic heterocycles. The van der Waals surface area contributed by atoms with Crippen LogP contribution in [0.25, 0.3) is 0 Å². The predicted molar refractivity (Wildman–Crippen MR) is 141 cm³/mol. The van der Waals surface area contributed by atoms with E-state index in [1.165, 1.54) is 18.4 Å². The van der Waals surface area contributed by atoms with Gasteiger partial charge in [-0.05, 0) is 50.5 Å². The van der Waals surface area contributed by atoms with Gasteiger partial charge in [0.1, 0.15) is 0 Å². The van der Waals surface area contributed by atoms with Crippen LogP contribution >= 0.6 is 24.0 Å². The number of piperidine rings is 1. The molecule has 2 aliphatic rings. The molecule has 1 aromatic rings. The van der Waals surface area contributed by atoms with E-state index in [2.05, 4.69) is 36.2 Å². The number of nitrogens with one attached hydrogen (secondary N) is 1. The zero-order valence-electron chi connectivity index (χ0n) is 19.8. The normalized spacial score (nSPS) is 21.1. The highest BCUT2D eigenvalue weighted by Crippen LogP contribution is 2.18. The Kier molecular flexibility index (Phi) is 13.5. The molecule has 2 unspecified atom stereocenters. The lowest BCUT2D eigenvalue weighted by atomic mass is 10.1. The molecule has 0 bridgehead atoms. The molecule has 182 valence electrons. The summed E-state index contributed by atoms with van der Waals surface area (Å²) in [5, 5.41) is 3.46. The first-order valence-corrected chi connectivity index (χ1v) is 12.1. The van der Waals surface area contributed by atoms with Crippen LogP contribution in [0.15, 0.2) is 35.3 Å². The Morgan fingerprint density at radius 2 is 1.97 bits per heavy atom. The van der Waals surface area contributed by atoms with Crippen molar-refractivity contribution in [1.29, 1.82) is 0 Å². The average Bonchev–Trinajstić information content (AvgIpc) is 2.82. The van der Waals surface area contributed by atoms with E-state index in [9.17, 15) is 0 Å². The Morgan fingerprint density at radius 1 is 1.19 bits per heavy atom. The van der Waals surface area contributed by atoms with Gasteiger partial charge < -0.3 is 24.4 Å². The lowest BCUT2D eigenvalue weighted by molar-refractivity contribution is -0.0721. The van der Waals surface area contributed by atoms with Crippen LogP contribution in [0, 0.1) is 5.92 Å². The maximum Gasteiger partial charge on any atom is 0.193 e. The summed E-state index contributed by atoms with van der Waals surface area (Å²) < 4.78 is 17.8. The van der Waals surface area contributed by atoms with Gasteiger partial charge in [0.05, 0.1) is 32.0 Å². The molecule has 32 heavy (non-hydrogen) atoms. The van der Waals surface area contributed by atoms with E-state index in [-0.39, 0.29) is 24.0 Å². The van der Waals surface area contributed by atoms with Crippen molar-refractivity contribution in [3.05, 3.63) is 35.9 Å². The van der Waals surface area contributed by atoms with Gasteiger partial charge in [0.2, 0.25) is 0 Å². The van der Waals surface area contributed by atoms with Crippen LogP contribution in [-0.4, -0.2) is 69.1 Å². The van der Waals surface area contributed by atoms with Gasteiger partial charge in [0.25, 0.3) is 0 Å². The number of rotatable bonds is 10. The number of guanidine groups is 1. The molecular weight excluding hydrogens is 517 g/mol. The molecule has 1 aromatic carbocycles. The Labute approximate surface area is 211 Å². The first kappa shape index (κ1) is 27.3. The van der Waals surface area contributed by atoms with E-state index in [1.54, 1.807) is 0 Å². The highest BCUT2D eigenvalue weighted by atomic mass is 127. The van der Waals surface area contributed by atoms with Crippen LogP contribution in [0.5, 0.6) is 0 Å². The number of hydrogen-bond donors (Lipinski definition) is 1. The summed E-state index contributed by atoms with van der Waals surface area (Å²) in [4.78, 5) is 7.27. The van der Waals surface area contributed by atoms with Gasteiger partial charge in [-0.2, -0.15) is 0 Å². The number of nitrogens with zero attached hydrogens (tertiary/aromatic N) is 2. The smallest absolute Gasteiger partial charge is 0.193 e. The lowest BCUT2D eigenvalue weighted by Crippen LogP contribution is -2.47. The Balaban J connectivity index is 0.00000363. The molecule has 2 heterocycles. The number of aliphatic imine (C=N–C) groups is 1. The molecule has 0 radical (unpaired) electrons. The highest BCUT2D eigenvalue weighted by Gasteiger charge is 2.23. The van der Waals surface area contributed by atoms with Gasteiger partial charge in [0.15, 0.2) is 5.96 Å². The zero-order chi connectivity index (χ0) is 21.7. The Hall–Kier alpha value is -0.900. The van der Waals surface area contributed by atoms with Gasteiger partial charge >= 0.3 is 0 Å². The van der Waals surface area contributed by atoms with Crippen molar-refractivity contribution in [3.63, 3.8) is 0 Å². The topological polar surface area (TPSA) is 55.3 Å². The minimum Gasteiger partial charge on any atom is -0.376 e. The van der Waals surface area contributed by atoms with Gasteiger partial charge in [-0.15, -0.1) is 24.0 Å². The first-order valence-electron chi connectivity index (χ1n) is 12.1. The molecule has 0 amide bonds. The molecule has 6 nitrogen and oxygen atoms in total. The maximum atomic E-state index is 6.16. The third-order valence-corrected chi connectivity index (χ3v) is 5.93. The van der Waals surface area contributed by atoms with Gasteiger partial charge in [-0.1, -0.05) is 37.3 Å². The van der Waals surface area contributed by atoms with E-state index in [4.69, 9.17) is 19.2 Å². The summed E-state index contributed by atoms with van der Waals surface area (Å²) in [5.41, 5.74) is 1.21. The highest BCUT2D eigenvalue weighted by molar-refractivity contribution is 14.0. The van der Waals surface area contributed by atoms with Gasteiger partial charge in [-0.25, -0.2) is 0 Å². The van der Waals surface area contributed by atoms with E-state index in [1.807, 2.05) is 18.2 Å². The minimum absolute atomic E-state index is 0. The number of benzene rings is 1. The minimum atomic E-state index is 0. The van der Waals surface area contributed by atoms with E-state index in [0.29, 0.717) is 24.7 Å². The van der Waals surface area contributed by atoms with Crippen molar-refractivity contribution in [2.45, 2.75) is 64.8 Å². The molecule has 0 aliphatic carbocycles. The largest absolute Gasteiger partial charge is 0.376 e. The fourth-order valence-corrected chi connectivity index (χ4v) is 4.09. The summed E-state index contributed by atoms with van der Waals surface area (Å²) >= 11 is 0. The molecule has 0 spiro atoms. The number of likely N-dealkylation sites (tertiary alicyclic amines) is 1. The fraction of sp³-hybridized carbons (Fsp3) is 0.720. The second-order valence-corrected chi connectivity index (χ2v) is 8.81. The third-order valence-electron chi connectivity index (χ3n) is 5.93. The van der Waals surface area contributed by atoms with E-state index in [0.717, 1.165) is 71.2 Å². The van der Waals surface area contributed by atoms with Crippen LogP contribution in [0.2, 0.25) is 0 Å². The van der Waals surface area contributed by atoms with Gasteiger partial charge in [0, 0.05) is 32.8 Å². The summed E-state index contributed by atoms with van der Waals surface area (Å²) in [6.07, 6.45) is 6.35. The Morgan fingerprint density at radius 3 is 2.66 bits per heavy atom. The van der Waals surface area contributed by atoms with Crippen molar-refractivity contribution in [3.8, 4) is 0 Å². The number of hydrogen-bond acceptors (Lipinski definition) is 4. The van der Waals surface area contributed by atoms with Crippen molar-refractivity contribution in [2.75, 3.05) is 46.0 Å².